The Kier molecular flexibility index (Phi) is 6.04. The highest BCUT2D eigenvalue weighted by Gasteiger charge is 2.42. The Hall–Kier alpha value is -3.76. The third kappa shape index (κ3) is 4.87. The first-order valence-electron chi connectivity index (χ1n) is 8.95. The molecular formula is C20H17F4N5O2. The molecular weight excluding hydrogens is 418 g/mol. The fourth-order valence-electron chi connectivity index (χ4n) is 2.77. The van der Waals surface area contributed by atoms with Crippen LogP contribution in [0.15, 0.2) is 48.5 Å². The summed E-state index contributed by atoms with van der Waals surface area (Å²) in [5.41, 5.74) is -1.58. The summed E-state index contributed by atoms with van der Waals surface area (Å²) in [4.78, 5) is 25.7. The number of rotatable bonds is 5. The van der Waals surface area contributed by atoms with Crippen LogP contribution in [0.4, 0.5) is 17.6 Å². The molecule has 2 aromatic carbocycles. The number of amides is 2. The molecule has 0 aliphatic heterocycles. The molecule has 0 bridgehead atoms. The van der Waals surface area contributed by atoms with E-state index in [9.17, 15) is 27.2 Å². The van der Waals surface area contributed by atoms with Gasteiger partial charge in [0.05, 0.1) is 5.69 Å². The molecule has 3 rings (SSSR count). The van der Waals surface area contributed by atoms with Gasteiger partial charge in [-0.15, -0.1) is 5.10 Å². The Balaban J connectivity index is 1.81. The molecule has 0 atom stereocenters. The molecule has 0 fully saturated rings. The van der Waals surface area contributed by atoms with Crippen molar-refractivity contribution in [1.82, 2.24) is 25.2 Å². The first-order chi connectivity index (χ1) is 14.6. The summed E-state index contributed by atoms with van der Waals surface area (Å²) < 4.78 is 54.7. The predicted molar refractivity (Wildman–Crippen MR) is 102 cm³/mol. The number of aromatic nitrogens is 3. The molecule has 3 aromatic rings. The average Bonchev–Trinajstić information content (AvgIpc) is 3.18. The molecule has 0 aliphatic rings. The molecule has 0 aliphatic carbocycles. The van der Waals surface area contributed by atoms with Crippen molar-refractivity contribution in [2.75, 3.05) is 14.1 Å². The normalized spacial score (nSPS) is 11.3. The van der Waals surface area contributed by atoms with Gasteiger partial charge in [0.2, 0.25) is 0 Å². The smallest absolute Gasteiger partial charge is 0.346 e. The van der Waals surface area contributed by atoms with Crippen molar-refractivity contribution < 1.29 is 27.2 Å². The first-order valence-corrected chi connectivity index (χ1v) is 8.95. The molecule has 0 spiro atoms. The van der Waals surface area contributed by atoms with Gasteiger partial charge >= 0.3 is 6.18 Å². The molecule has 0 unspecified atom stereocenters. The highest BCUT2D eigenvalue weighted by Crippen LogP contribution is 2.32. The average molecular weight is 435 g/mol. The monoisotopic (exact) mass is 435 g/mol. The van der Waals surface area contributed by atoms with Crippen LogP contribution >= 0.6 is 0 Å². The number of carbonyl (C=O) groups excluding carboxylic acids is 2. The van der Waals surface area contributed by atoms with E-state index in [2.05, 4.69) is 15.6 Å². The number of alkyl halides is 3. The SMILES string of the molecule is CN(C)C(=O)c1ccc(CNC(=O)c2nnn(-c3cccc(F)c3)c2C(F)(F)F)cc1. The minimum atomic E-state index is -4.96. The van der Waals surface area contributed by atoms with Crippen LogP contribution in [0.1, 0.15) is 32.1 Å². The quantitative estimate of drug-likeness (QED) is 0.625. The zero-order chi connectivity index (χ0) is 22.8. The Bertz CT molecular complexity index is 1110. The van der Waals surface area contributed by atoms with Crippen LogP contribution in [0.3, 0.4) is 0 Å². The number of hydrogen-bond donors (Lipinski definition) is 1. The van der Waals surface area contributed by atoms with Crippen LogP contribution in [0.25, 0.3) is 5.69 Å². The highest BCUT2D eigenvalue weighted by molar-refractivity contribution is 5.94. The van der Waals surface area contributed by atoms with Crippen LogP contribution < -0.4 is 5.32 Å². The van der Waals surface area contributed by atoms with Gasteiger partial charge in [0.15, 0.2) is 11.4 Å². The number of hydrogen-bond acceptors (Lipinski definition) is 4. The third-order valence-electron chi connectivity index (χ3n) is 4.27. The second-order valence-electron chi connectivity index (χ2n) is 6.76. The summed E-state index contributed by atoms with van der Waals surface area (Å²) in [6, 6.07) is 10.6. The van der Waals surface area contributed by atoms with E-state index in [1.54, 1.807) is 38.4 Å². The van der Waals surface area contributed by atoms with Crippen molar-refractivity contribution in [2.45, 2.75) is 12.7 Å². The molecule has 11 heteroatoms. The van der Waals surface area contributed by atoms with Crippen LogP contribution in [0.2, 0.25) is 0 Å². The number of nitrogens with one attached hydrogen (secondary N) is 1. The third-order valence-corrected chi connectivity index (χ3v) is 4.27. The number of nitrogens with zero attached hydrogens (tertiary/aromatic N) is 4. The van der Waals surface area contributed by atoms with Gasteiger partial charge in [0, 0.05) is 26.2 Å². The molecule has 1 N–H and O–H groups in total. The van der Waals surface area contributed by atoms with Gasteiger partial charge in [0.1, 0.15) is 5.82 Å². The van der Waals surface area contributed by atoms with Crippen LogP contribution in [-0.4, -0.2) is 45.8 Å². The van der Waals surface area contributed by atoms with E-state index in [1.807, 2.05) is 0 Å². The Morgan fingerprint density at radius 3 is 2.35 bits per heavy atom. The molecule has 2 amide bonds. The van der Waals surface area contributed by atoms with Crippen molar-refractivity contribution in [2.24, 2.45) is 0 Å². The van der Waals surface area contributed by atoms with Crippen LogP contribution in [0, 0.1) is 5.82 Å². The second kappa shape index (κ2) is 8.54. The lowest BCUT2D eigenvalue weighted by Crippen LogP contribution is -2.27. The van der Waals surface area contributed by atoms with Gasteiger partial charge in [-0.05, 0) is 35.9 Å². The van der Waals surface area contributed by atoms with E-state index in [0.29, 0.717) is 15.8 Å². The minimum Gasteiger partial charge on any atom is -0.346 e. The molecule has 1 aromatic heterocycles. The molecule has 31 heavy (non-hydrogen) atoms. The van der Waals surface area contributed by atoms with Crippen LogP contribution in [-0.2, 0) is 12.7 Å². The van der Waals surface area contributed by atoms with E-state index in [0.717, 1.165) is 12.1 Å². The minimum absolute atomic E-state index is 0.0978. The maximum absolute atomic E-state index is 13.6. The standard InChI is InChI=1S/C20H17F4N5O2/c1-28(2)19(31)13-8-6-12(7-9-13)11-25-18(30)16-17(20(22,23)24)29(27-26-16)15-5-3-4-14(21)10-15/h3-10H,11H2,1-2H3,(H,25,30). The van der Waals surface area contributed by atoms with E-state index < -0.39 is 29.3 Å². The fourth-order valence-corrected chi connectivity index (χ4v) is 2.77. The number of benzene rings is 2. The number of halogens is 4. The first kappa shape index (κ1) is 21.9. The maximum atomic E-state index is 13.6. The zero-order valence-electron chi connectivity index (χ0n) is 16.4. The maximum Gasteiger partial charge on any atom is 0.435 e. The summed E-state index contributed by atoms with van der Waals surface area (Å²) in [6.45, 7) is -0.0978. The largest absolute Gasteiger partial charge is 0.435 e. The van der Waals surface area contributed by atoms with E-state index >= 15 is 0 Å². The Labute approximate surface area is 174 Å². The molecule has 0 radical (unpaired) electrons. The molecule has 162 valence electrons. The predicted octanol–water partition coefficient (Wildman–Crippen LogP) is 3.06. The summed E-state index contributed by atoms with van der Waals surface area (Å²) >= 11 is 0. The lowest BCUT2D eigenvalue weighted by molar-refractivity contribution is -0.143. The van der Waals surface area contributed by atoms with Crippen molar-refractivity contribution in [3.63, 3.8) is 0 Å². The second-order valence-corrected chi connectivity index (χ2v) is 6.76. The summed E-state index contributed by atoms with van der Waals surface area (Å²) in [5, 5.41) is 9.11. The van der Waals surface area contributed by atoms with Gasteiger partial charge in [-0.2, -0.15) is 13.2 Å². The van der Waals surface area contributed by atoms with Crippen molar-refractivity contribution in [3.8, 4) is 5.69 Å². The Morgan fingerprint density at radius 1 is 1.10 bits per heavy atom. The van der Waals surface area contributed by atoms with E-state index in [4.69, 9.17) is 0 Å². The summed E-state index contributed by atoms with van der Waals surface area (Å²) in [6.07, 6.45) is -4.96. The highest BCUT2D eigenvalue weighted by atomic mass is 19.4. The molecule has 0 saturated heterocycles. The van der Waals surface area contributed by atoms with Gasteiger partial charge in [-0.25, -0.2) is 9.07 Å². The summed E-state index contributed by atoms with van der Waals surface area (Å²) in [7, 11) is 3.21. The molecule has 1 heterocycles. The van der Waals surface area contributed by atoms with Crippen molar-refractivity contribution >= 4 is 11.8 Å². The van der Waals surface area contributed by atoms with E-state index in [1.165, 1.54) is 17.0 Å². The lowest BCUT2D eigenvalue weighted by Gasteiger charge is -2.12. The zero-order valence-corrected chi connectivity index (χ0v) is 16.4. The lowest BCUT2D eigenvalue weighted by atomic mass is 10.1. The van der Waals surface area contributed by atoms with Crippen LogP contribution in [0.5, 0.6) is 0 Å². The fraction of sp³-hybridized carbons (Fsp3) is 0.200. The van der Waals surface area contributed by atoms with Crippen molar-refractivity contribution in [3.05, 3.63) is 76.9 Å². The molecule has 0 saturated carbocycles. The van der Waals surface area contributed by atoms with Gasteiger partial charge < -0.3 is 10.2 Å². The van der Waals surface area contributed by atoms with Crippen molar-refractivity contribution in [1.29, 1.82) is 0 Å². The topological polar surface area (TPSA) is 80.1 Å². The molecule has 7 nitrogen and oxygen atoms in total. The Morgan fingerprint density at radius 2 is 1.77 bits per heavy atom. The number of carbonyl (C=O) groups is 2. The van der Waals surface area contributed by atoms with E-state index in [-0.39, 0.29) is 18.1 Å². The van der Waals surface area contributed by atoms with Gasteiger partial charge in [0.25, 0.3) is 11.8 Å². The summed E-state index contributed by atoms with van der Waals surface area (Å²) in [5.74, 6) is -2.06. The van der Waals surface area contributed by atoms with Gasteiger partial charge in [-0.1, -0.05) is 23.4 Å². The van der Waals surface area contributed by atoms with Gasteiger partial charge in [-0.3, -0.25) is 9.59 Å².